The normalized spacial score (nSPS) is 36.0. The van der Waals surface area contributed by atoms with Crippen LogP contribution in [0.4, 0.5) is 0 Å². The van der Waals surface area contributed by atoms with Crippen molar-refractivity contribution in [1.29, 1.82) is 0 Å². The summed E-state index contributed by atoms with van der Waals surface area (Å²) >= 11 is 0. The summed E-state index contributed by atoms with van der Waals surface area (Å²) in [4.78, 5) is 11.8. The third-order valence-electron chi connectivity index (χ3n) is 4.19. The van der Waals surface area contributed by atoms with Gasteiger partial charge < -0.3 is 10.6 Å². The molecule has 0 saturated carbocycles. The first-order chi connectivity index (χ1) is 5.69. The highest BCUT2D eigenvalue weighted by Gasteiger charge is 2.60. The molecule has 76 valence electrons. The van der Waals surface area contributed by atoms with Crippen LogP contribution < -0.4 is 10.6 Å². The quantitative estimate of drug-likeness (QED) is 0.635. The molecule has 0 radical (unpaired) electrons. The molecule has 0 spiro atoms. The summed E-state index contributed by atoms with van der Waals surface area (Å²) in [5.74, 6) is 0.0880. The molecule has 1 fully saturated rings. The number of rotatable bonds is 1. The molecule has 1 aliphatic rings. The summed E-state index contributed by atoms with van der Waals surface area (Å²) in [5.41, 5.74) is -0.746. The van der Waals surface area contributed by atoms with Crippen molar-refractivity contribution in [3.8, 4) is 0 Å². The molecule has 1 amide bonds. The van der Waals surface area contributed by atoms with Crippen molar-refractivity contribution in [3.05, 3.63) is 0 Å². The first-order valence-electron chi connectivity index (χ1n) is 4.70. The number of carbonyl (C=O) groups is 1. The molecule has 1 heterocycles. The molecule has 0 bridgehead atoms. The van der Waals surface area contributed by atoms with E-state index >= 15 is 0 Å². The van der Waals surface area contributed by atoms with E-state index in [2.05, 4.69) is 38.3 Å². The van der Waals surface area contributed by atoms with E-state index in [9.17, 15) is 4.79 Å². The monoisotopic (exact) mass is 184 g/mol. The highest BCUT2D eigenvalue weighted by atomic mass is 16.2. The minimum absolute atomic E-state index is 0.0880. The summed E-state index contributed by atoms with van der Waals surface area (Å²) in [6.45, 7) is 10.3. The van der Waals surface area contributed by atoms with Crippen molar-refractivity contribution in [1.82, 2.24) is 10.6 Å². The van der Waals surface area contributed by atoms with E-state index < -0.39 is 5.54 Å². The van der Waals surface area contributed by atoms with Crippen LogP contribution in [0.25, 0.3) is 0 Å². The lowest BCUT2D eigenvalue weighted by Gasteiger charge is -2.42. The van der Waals surface area contributed by atoms with Gasteiger partial charge in [0.25, 0.3) is 0 Å². The second-order valence-corrected chi connectivity index (χ2v) is 5.08. The number of carbonyl (C=O) groups excluding carboxylic acids is 1. The number of hydrogen-bond acceptors (Lipinski definition) is 2. The summed E-state index contributed by atoms with van der Waals surface area (Å²) in [6.07, 6.45) is 0. The van der Waals surface area contributed by atoms with Crippen molar-refractivity contribution < 1.29 is 4.79 Å². The highest BCUT2D eigenvalue weighted by molar-refractivity contribution is 5.90. The molecule has 1 rings (SSSR count). The van der Waals surface area contributed by atoms with Gasteiger partial charge in [-0.25, -0.2) is 0 Å². The van der Waals surface area contributed by atoms with Gasteiger partial charge >= 0.3 is 0 Å². The van der Waals surface area contributed by atoms with Crippen LogP contribution >= 0.6 is 0 Å². The number of amides is 1. The fourth-order valence-corrected chi connectivity index (χ4v) is 1.90. The summed E-state index contributed by atoms with van der Waals surface area (Å²) in [7, 11) is 1.84. The Kier molecular flexibility index (Phi) is 2.00. The molecule has 1 atom stereocenters. The predicted molar refractivity (Wildman–Crippen MR) is 53.5 cm³/mol. The molecule has 1 saturated heterocycles. The fraction of sp³-hybridized carbons (Fsp3) is 0.900. The molecular weight excluding hydrogens is 164 g/mol. The SMILES string of the molecule is CNC1(C)C(=O)NC(C)(C)C1(C)C. The zero-order valence-electron chi connectivity index (χ0n) is 9.41. The Morgan fingerprint density at radius 3 is 1.77 bits per heavy atom. The maximum Gasteiger partial charge on any atom is 0.241 e. The summed E-state index contributed by atoms with van der Waals surface area (Å²) in [5, 5.41) is 6.15. The lowest BCUT2D eigenvalue weighted by molar-refractivity contribution is -0.125. The third-order valence-corrected chi connectivity index (χ3v) is 4.19. The Bertz CT molecular complexity index is 245. The number of nitrogens with one attached hydrogen (secondary N) is 2. The molecule has 0 aromatic rings. The van der Waals surface area contributed by atoms with Gasteiger partial charge in [-0.15, -0.1) is 0 Å². The minimum Gasteiger partial charge on any atom is -0.349 e. The van der Waals surface area contributed by atoms with Gasteiger partial charge in [0, 0.05) is 11.0 Å². The first-order valence-corrected chi connectivity index (χ1v) is 4.70. The van der Waals surface area contributed by atoms with Gasteiger partial charge in [-0.3, -0.25) is 4.79 Å². The Hall–Kier alpha value is -0.570. The van der Waals surface area contributed by atoms with Crippen LogP contribution in [0.1, 0.15) is 34.6 Å². The molecule has 3 nitrogen and oxygen atoms in total. The van der Waals surface area contributed by atoms with Crippen LogP contribution in [0, 0.1) is 5.41 Å². The molecule has 13 heavy (non-hydrogen) atoms. The predicted octanol–water partition coefficient (Wildman–Crippen LogP) is 0.899. The number of likely N-dealkylation sites (N-methyl/N-ethyl adjacent to an activating group) is 1. The zero-order valence-corrected chi connectivity index (χ0v) is 9.41. The zero-order chi connectivity index (χ0) is 10.5. The smallest absolute Gasteiger partial charge is 0.241 e. The topological polar surface area (TPSA) is 41.1 Å². The molecule has 0 aromatic heterocycles. The molecule has 3 heteroatoms. The van der Waals surface area contributed by atoms with Crippen molar-refractivity contribution in [2.75, 3.05) is 7.05 Å². The third kappa shape index (κ3) is 1.03. The second kappa shape index (κ2) is 2.47. The van der Waals surface area contributed by atoms with Gasteiger partial charge in [-0.1, -0.05) is 13.8 Å². The minimum atomic E-state index is -0.476. The lowest BCUT2D eigenvalue weighted by Crippen LogP contribution is -2.57. The van der Waals surface area contributed by atoms with Gasteiger partial charge in [0.2, 0.25) is 5.91 Å². The van der Waals surface area contributed by atoms with Crippen LogP contribution in [0.15, 0.2) is 0 Å². The lowest BCUT2D eigenvalue weighted by atomic mass is 9.66. The van der Waals surface area contributed by atoms with Crippen molar-refractivity contribution in [2.45, 2.75) is 45.7 Å². The molecule has 1 aliphatic heterocycles. The van der Waals surface area contributed by atoms with Crippen molar-refractivity contribution >= 4 is 5.91 Å². The fourth-order valence-electron chi connectivity index (χ4n) is 1.90. The molecule has 0 aliphatic carbocycles. The van der Waals surface area contributed by atoms with Gasteiger partial charge in [-0.05, 0) is 27.8 Å². The van der Waals surface area contributed by atoms with E-state index in [0.29, 0.717) is 0 Å². The van der Waals surface area contributed by atoms with Crippen LogP contribution in [0.3, 0.4) is 0 Å². The van der Waals surface area contributed by atoms with Crippen LogP contribution in [-0.4, -0.2) is 24.0 Å². The molecular formula is C10H20N2O. The van der Waals surface area contributed by atoms with Crippen molar-refractivity contribution in [2.24, 2.45) is 5.41 Å². The highest BCUT2D eigenvalue weighted by Crippen LogP contribution is 2.45. The number of hydrogen-bond donors (Lipinski definition) is 2. The maximum absolute atomic E-state index is 11.8. The van der Waals surface area contributed by atoms with Crippen molar-refractivity contribution in [3.63, 3.8) is 0 Å². The standard InChI is InChI=1S/C10H20N2O/c1-8(2)9(3,4)12-7(13)10(8,5)11-6/h11H,1-6H3,(H,12,13). The average Bonchev–Trinajstić information content (AvgIpc) is 2.10. The Morgan fingerprint density at radius 1 is 1.15 bits per heavy atom. The Labute approximate surface area is 80.3 Å². The van der Waals surface area contributed by atoms with Gasteiger partial charge in [0.15, 0.2) is 0 Å². The van der Waals surface area contributed by atoms with E-state index in [-0.39, 0.29) is 16.9 Å². The first kappa shape index (κ1) is 10.5. The largest absolute Gasteiger partial charge is 0.349 e. The molecule has 2 N–H and O–H groups in total. The van der Waals surface area contributed by atoms with E-state index in [0.717, 1.165) is 0 Å². The molecule has 0 aromatic carbocycles. The van der Waals surface area contributed by atoms with Gasteiger partial charge in [-0.2, -0.15) is 0 Å². The van der Waals surface area contributed by atoms with Gasteiger partial charge in [0.05, 0.1) is 0 Å². The molecule has 1 unspecified atom stereocenters. The van der Waals surface area contributed by atoms with Gasteiger partial charge in [0.1, 0.15) is 5.54 Å². The van der Waals surface area contributed by atoms with E-state index in [1.54, 1.807) is 0 Å². The van der Waals surface area contributed by atoms with Crippen LogP contribution in [0.5, 0.6) is 0 Å². The Balaban J connectivity index is 3.21. The second-order valence-electron chi connectivity index (χ2n) is 5.08. The van der Waals surface area contributed by atoms with E-state index in [1.165, 1.54) is 0 Å². The maximum atomic E-state index is 11.8. The van der Waals surface area contributed by atoms with Crippen LogP contribution in [-0.2, 0) is 4.79 Å². The summed E-state index contributed by atoms with van der Waals surface area (Å²) in [6, 6.07) is 0. The summed E-state index contributed by atoms with van der Waals surface area (Å²) < 4.78 is 0. The average molecular weight is 184 g/mol. The van der Waals surface area contributed by atoms with E-state index in [4.69, 9.17) is 0 Å². The van der Waals surface area contributed by atoms with Crippen LogP contribution in [0.2, 0.25) is 0 Å². The van der Waals surface area contributed by atoms with E-state index in [1.807, 2.05) is 14.0 Å². The Morgan fingerprint density at radius 2 is 1.62 bits per heavy atom.